The van der Waals surface area contributed by atoms with Gasteiger partial charge in [-0.1, -0.05) is 0 Å². The van der Waals surface area contributed by atoms with Crippen molar-refractivity contribution < 1.29 is 9.53 Å². The summed E-state index contributed by atoms with van der Waals surface area (Å²) >= 11 is 0. The molecule has 0 bridgehead atoms. The average molecular weight is 403 g/mol. The van der Waals surface area contributed by atoms with Gasteiger partial charge in [-0.2, -0.15) is 0 Å². The van der Waals surface area contributed by atoms with Crippen LogP contribution < -0.4 is 0 Å². The third-order valence-corrected chi connectivity index (χ3v) is 6.35. The van der Waals surface area contributed by atoms with Crippen molar-refractivity contribution >= 4 is 5.91 Å². The summed E-state index contributed by atoms with van der Waals surface area (Å²) in [6.45, 7) is 10.3. The van der Waals surface area contributed by atoms with E-state index in [1.54, 1.807) is 12.4 Å². The summed E-state index contributed by atoms with van der Waals surface area (Å²) in [6, 6.07) is 4.74. The van der Waals surface area contributed by atoms with Crippen molar-refractivity contribution in [3.05, 3.63) is 30.1 Å². The molecule has 0 spiro atoms. The molecule has 0 saturated carbocycles. The SMILES string of the molecule is CC(C)OCC(=O)N(Cc1ccncc1)CC1CCN(C2CCN(C)CC2)CC1. The molecule has 1 amide bonds. The highest BCUT2D eigenvalue weighted by molar-refractivity contribution is 5.77. The molecule has 2 fully saturated rings. The molecule has 3 rings (SSSR count). The minimum atomic E-state index is 0.0690. The van der Waals surface area contributed by atoms with Crippen LogP contribution in [0, 0.1) is 5.92 Å². The molecule has 3 heterocycles. The van der Waals surface area contributed by atoms with Crippen LogP contribution in [0.15, 0.2) is 24.5 Å². The average Bonchev–Trinajstić information content (AvgIpc) is 2.73. The summed E-state index contributed by atoms with van der Waals surface area (Å²) < 4.78 is 5.60. The highest BCUT2D eigenvalue weighted by Gasteiger charge is 2.29. The maximum Gasteiger partial charge on any atom is 0.248 e. The van der Waals surface area contributed by atoms with E-state index in [0.29, 0.717) is 12.5 Å². The lowest BCUT2D eigenvalue weighted by molar-refractivity contribution is -0.139. The Labute approximate surface area is 176 Å². The Morgan fingerprint density at radius 2 is 1.79 bits per heavy atom. The molecule has 0 aliphatic carbocycles. The minimum Gasteiger partial charge on any atom is -0.369 e. The first-order chi connectivity index (χ1) is 14.0. The van der Waals surface area contributed by atoms with E-state index >= 15 is 0 Å². The molecule has 0 radical (unpaired) electrons. The van der Waals surface area contributed by atoms with Crippen molar-refractivity contribution in [2.24, 2.45) is 5.92 Å². The molecular formula is C23H38N4O2. The summed E-state index contributed by atoms with van der Waals surface area (Å²) in [5, 5.41) is 0. The maximum atomic E-state index is 12.8. The first-order valence-electron chi connectivity index (χ1n) is 11.2. The van der Waals surface area contributed by atoms with E-state index < -0.39 is 0 Å². The number of likely N-dealkylation sites (tertiary alicyclic amines) is 2. The summed E-state index contributed by atoms with van der Waals surface area (Å²) in [7, 11) is 2.22. The van der Waals surface area contributed by atoms with Crippen molar-refractivity contribution in [1.29, 1.82) is 0 Å². The number of nitrogens with zero attached hydrogens (tertiary/aromatic N) is 4. The predicted molar refractivity (Wildman–Crippen MR) is 116 cm³/mol. The molecule has 0 aromatic carbocycles. The van der Waals surface area contributed by atoms with Crippen molar-refractivity contribution in [2.45, 2.75) is 58.2 Å². The van der Waals surface area contributed by atoms with E-state index in [0.717, 1.165) is 18.2 Å². The van der Waals surface area contributed by atoms with Crippen LogP contribution in [-0.2, 0) is 16.1 Å². The van der Waals surface area contributed by atoms with Crippen LogP contribution >= 0.6 is 0 Å². The van der Waals surface area contributed by atoms with Crippen LogP contribution in [-0.4, -0.2) is 84.1 Å². The number of aromatic nitrogens is 1. The largest absolute Gasteiger partial charge is 0.369 e. The Bertz CT molecular complexity index is 609. The zero-order chi connectivity index (χ0) is 20.6. The molecule has 29 heavy (non-hydrogen) atoms. The highest BCUT2D eigenvalue weighted by atomic mass is 16.5. The number of piperidine rings is 2. The molecule has 0 N–H and O–H groups in total. The fraction of sp³-hybridized carbons (Fsp3) is 0.739. The molecule has 6 heteroatoms. The van der Waals surface area contributed by atoms with Gasteiger partial charge in [-0.3, -0.25) is 9.78 Å². The van der Waals surface area contributed by atoms with Crippen LogP contribution in [0.5, 0.6) is 0 Å². The van der Waals surface area contributed by atoms with Crippen LogP contribution in [0.3, 0.4) is 0 Å². The zero-order valence-corrected chi connectivity index (χ0v) is 18.4. The van der Waals surface area contributed by atoms with E-state index in [2.05, 4.69) is 21.8 Å². The predicted octanol–water partition coefficient (Wildman–Crippen LogP) is 2.64. The third-order valence-electron chi connectivity index (χ3n) is 6.35. The minimum absolute atomic E-state index is 0.0690. The van der Waals surface area contributed by atoms with E-state index in [-0.39, 0.29) is 18.6 Å². The van der Waals surface area contributed by atoms with Gasteiger partial charge in [0, 0.05) is 31.5 Å². The van der Waals surface area contributed by atoms with Crippen molar-refractivity contribution in [1.82, 2.24) is 19.7 Å². The number of rotatable bonds is 8. The quantitative estimate of drug-likeness (QED) is 0.669. The fourth-order valence-corrected chi connectivity index (χ4v) is 4.46. The number of pyridine rings is 1. The lowest BCUT2D eigenvalue weighted by Gasteiger charge is -2.42. The van der Waals surface area contributed by atoms with Crippen LogP contribution in [0.1, 0.15) is 45.1 Å². The second kappa shape index (κ2) is 11.0. The van der Waals surface area contributed by atoms with E-state index in [4.69, 9.17) is 4.74 Å². The van der Waals surface area contributed by atoms with Gasteiger partial charge in [-0.15, -0.1) is 0 Å². The fourth-order valence-electron chi connectivity index (χ4n) is 4.46. The normalized spacial score (nSPS) is 20.3. The van der Waals surface area contributed by atoms with E-state index in [1.807, 2.05) is 30.9 Å². The summed E-state index contributed by atoms with van der Waals surface area (Å²) in [5.41, 5.74) is 1.13. The summed E-state index contributed by atoms with van der Waals surface area (Å²) in [4.78, 5) is 24.1. The molecule has 162 valence electrons. The highest BCUT2D eigenvalue weighted by Crippen LogP contribution is 2.24. The Kier molecular flexibility index (Phi) is 8.45. The smallest absolute Gasteiger partial charge is 0.248 e. The number of hydrogen-bond donors (Lipinski definition) is 0. The number of ether oxygens (including phenoxy) is 1. The molecule has 0 atom stereocenters. The first-order valence-corrected chi connectivity index (χ1v) is 11.2. The van der Waals surface area contributed by atoms with Gasteiger partial charge < -0.3 is 19.4 Å². The molecule has 2 aliphatic heterocycles. The topological polar surface area (TPSA) is 48.9 Å². The second-order valence-corrected chi connectivity index (χ2v) is 9.00. The Hall–Kier alpha value is -1.50. The van der Waals surface area contributed by atoms with Crippen LogP contribution in [0.2, 0.25) is 0 Å². The third kappa shape index (κ3) is 7.05. The molecule has 2 saturated heterocycles. The van der Waals surface area contributed by atoms with E-state index in [9.17, 15) is 4.79 Å². The standard InChI is InChI=1S/C23H38N4O2/c1-19(2)29-18-23(28)27(16-20-4-10-24-11-5-20)17-21-6-14-26(15-7-21)22-8-12-25(3)13-9-22/h4-5,10-11,19,21-22H,6-9,12-18H2,1-3H3. The number of hydrogen-bond acceptors (Lipinski definition) is 5. The van der Waals surface area contributed by atoms with Gasteiger partial charge in [0.05, 0.1) is 6.10 Å². The van der Waals surface area contributed by atoms with Gasteiger partial charge in [-0.05, 0) is 96.4 Å². The summed E-state index contributed by atoms with van der Waals surface area (Å²) in [5.74, 6) is 0.663. The van der Waals surface area contributed by atoms with Gasteiger partial charge >= 0.3 is 0 Å². The number of carbonyl (C=O) groups is 1. The van der Waals surface area contributed by atoms with Gasteiger partial charge in [0.2, 0.25) is 5.91 Å². The molecular weight excluding hydrogens is 364 g/mol. The summed E-state index contributed by atoms with van der Waals surface area (Å²) in [6.07, 6.45) is 8.60. The van der Waals surface area contributed by atoms with Gasteiger partial charge in [0.15, 0.2) is 0 Å². The zero-order valence-electron chi connectivity index (χ0n) is 18.4. The Morgan fingerprint density at radius 3 is 2.41 bits per heavy atom. The first kappa shape index (κ1) is 22.2. The van der Waals surface area contributed by atoms with Crippen LogP contribution in [0.25, 0.3) is 0 Å². The van der Waals surface area contributed by atoms with Crippen molar-refractivity contribution in [3.63, 3.8) is 0 Å². The van der Waals surface area contributed by atoms with Crippen LogP contribution in [0.4, 0.5) is 0 Å². The van der Waals surface area contributed by atoms with E-state index in [1.165, 1.54) is 51.9 Å². The lowest BCUT2D eigenvalue weighted by atomic mass is 9.93. The molecule has 2 aliphatic rings. The van der Waals surface area contributed by atoms with Gasteiger partial charge in [-0.25, -0.2) is 0 Å². The van der Waals surface area contributed by atoms with Crippen molar-refractivity contribution in [2.75, 3.05) is 46.4 Å². The second-order valence-electron chi connectivity index (χ2n) is 9.00. The van der Waals surface area contributed by atoms with Crippen molar-refractivity contribution in [3.8, 4) is 0 Å². The maximum absolute atomic E-state index is 12.8. The van der Waals surface area contributed by atoms with Gasteiger partial charge in [0.25, 0.3) is 0 Å². The molecule has 1 aromatic heterocycles. The Morgan fingerprint density at radius 1 is 1.14 bits per heavy atom. The Balaban J connectivity index is 1.52. The molecule has 6 nitrogen and oxygen atoms in total. The number of carbonyl (C=O) groups excluding carboxylic acids is 1. The monoisotopic (exact) mass is 402 g/mol. The lowest BCUT2D eigenvalue weighted by Crippen LogP contribution is -2.48. The number of amides is 1. The van der Waals surface area contributed by atoms with Gasteiger partial charge in [0.1, 0.15) is 6.61 Å². The molecule has 1 aromatic rings. The molecule has 0 unspecified atom stereocenters.